The van der Waals surface area contributed by atoms with Crippen molar-refractivity contribution in [2.45, 2.75) is 26.9 Å². The zero-order valence-corrected chi connectivity index (χ0v) is 14.8. The summed E-state index contributed by atoms with van der Waals surface area (Å²) in [6, 6.07) is 5.56. The van der Waals surface area contributed by atoms with E-state index in [-0.39, 0.29) is 12.5 Å². The molecule has 0 saturated heterocycles. The molecule has 0 N–H and O–H groups in total. The second-order valence-corrected chi connectivity index (χ2v) is 6.99. The highest BCUT2D eigenvalue weighted by molar-refractivity contribution is 7.11. The van der Waals surface area contributed by atoms with Gasteiger partial charge in [0, 0.05) is 10.4 Å². The maximum atomic E-state index is 12.4. The first-order chi connectivity index (χ1) is 11.4. The van der Waals surface area contributed by atoms with Gasteiger partial charge in [0.1, 0.15) is 12.3 Å². The molecule has 2 heterocycles. The van der Waals surface area contributed by atoms with Gasteiger partial charge in [-0.15, -0.1) is 11.3 Å². The van der Waals surface area contributed by atoms with Gasteiger partial charge in [-0.2, -0.15) is 0 Å². The fourth-order valence-corrected chi connectivity index (χ4v) is 3.55. The second kappa shape index (κ2) is 6.24. The minimum Gasteiger partial charge on any atom is -0.479 e. The summed E-state index contributed by atoms with van der Waals surface area (Å²) in [6.45, 7) is 5.48. The molecule has 1 aromatic heterocycles. The van der Waals surface area contributed by atoms with E-state index in [4.69, 9.17) is 9.47 Å². The van der Waals surface area contributed by atoms with E-state index in [1.807, 2.05) is 32.0 Å². The lowest BCUT2D eigenvalue weighted by Crippen LogP contribution is -2.46. The largest absolute Gasteiger partial charge is 0.479 e. The van der Waals surface area contributed by atoms with Crippen LogP contribution in [0.3, 0.4) is 0 Å². The SMILES string of the molecule is COC(=O)CN1C(=O)C(C)Oc2ccc(-c3nc(C)sc3C)cc21. The standard InChI is InChI=1S/C17H18N2O4S/c1-9-17(21)19(8-15(20)22-4)13-7-12(5-6-14(13)23-9)16-10(2)24-11(3)18-16/h5-7,9H,8H2,1-4H3. The lowest BCUT2D eigenvalue weighted by atomic mass is 10.1. The summed E-state index contributed by atoms with van der Waals surface area (Å²) in [6.07, 6.45) is -0.642. The third-order valence-corrected chi connectivity index (χ3v) is 4.75. The number of nitrogens with zero attached hydrogens (tertiary/aromatic N) is 2. The zero-order valence-electron chi connectivity index (χ0n) is 14.0. The van der Waals surface area contributed by atoms with Crippen molar-refractivity contribution in [2.75, 3.05) is 18.6 Å². The van der Waals surface area contributed by atoms with Crippen LogP contribution in [0, 0.1) is 13.8 Å². The van der Waals surface area contributed by atoms with Crippen molar-refractivity contribution in [1.29, 1.82) is 0 Å². The number of hydrogen-bond acceptors (Lipinski definition) is 6. The monoisotopic (exact) mass is 346 g/mol. The number of benzene rings is 1. The molecular weight excluding hydrogens is 328 g/mol. The highest BCUT2D eigenvalue weighted by Crippen LogP contribution is 2.38. The van der Waals surface area contributed by atoms with Gasteiger partial charge in [0.15, 0.2) is 6.10 Å². The lowest BCUT2D eigenvalue weighted by Gasteiger charge is -2.32. The fourth-order valence-electron chi connectivity index (χ4n) is 2.71. The number of carbonyl (C=O) groups is 2. The molecule has 126 valence electrons. The van der Waals surface area contributed by atoms with Crippen molar-refractivity contribution >= 4 is 28.9 Å². The van der Waals surface area contributed by atoms with Gasteiger partial charge in [-0.05, 0) is 39.0 Å². The Morgan fingerprint density at radius 2 is 2.17 bits per heavy atom. The number of amides is 1. The molecule has 0 aliphatic carbocycles. The molecule has 6 nitrogen and oxygen atoms in total. The third-order valence-electron chi connectivity index (χ3n) is 3.86. The van der Waals surface area contributed by atoms with Gasteiger partial charge >= 0.3 is 5.97 Å². The molecule has 1 unspecified atom stereocenters. The normalized spacial score (nSPS) is 16.6. The average Bonchev–Trinajstić information content (AvgIpc) is 2.89. The summed E-state index contributed by atoms with van der Waals surface area (Å²) < 4.78 is 10.4. The van der Waals surface area contributed by atoms with E-state index in [0.717, 1.165) is 21.1 Å². The molecule has 1 atom stereocenters. The Bertz CT molecular complexity index is 815. The quantitative estimate of drug-likeness (QED) is 0.799. The number of anilines is 1. The van der Waals surface area contributed by atoms with Crippen molar-refractivity contribution in [3.63, 3.8) is 0 Å². The van der Waals surface area contributed by atoms with Crippen LogP contribution in [0.2, 0.25) is 0 Å². The van der Waals surface area contributed by atoms with E-state index in [0.29, 0.717) is 11.4 Å². The predicted molar refractivity (Wildman–Crippen MR) is 91.5 cm³/mol. The zero-order chi connectivity index (χ0) is 17.4. The highest BCUT2D eigenvalue weighted by Gasteiger charge is 2.33. The van der Waals surface area contributed by atoms with Gasteiger partial charge < -0.3 is 9.47 Å². The van der Waals surface area contributed by atoms with E-state index in [1.54, 1.807) is 18.3 Å². The predicted octanol–water partition coefficient (Wildman–Crippen LogP) is 2.71. The summed E-state index contributed by atoms with van der Waals surface area (Å²) in [5.41, 5.74) is 2.33. The molecule has 0 fully saturated rings. The molecule has 24 heavy (non-hydrogen) atoms. The second-order valence-electron chi connectivity index (χ2n) is 5.58. The van der Waals surface area contributed by atoms with Crippen LogP contribution in [0.4, 0.5) is 5.69 Å². The van der Waals surface area contributed by atoms with Crippen molar-refractivity contribution in [3.05, 3.63) is 28.1 Å². The van der Waals surface area contributed by atoms with Crippen molar-refractivity contribution in [1.82, 2.24) is 4.98 Å². The molecule has 0 radical (unpaired) electrons. The highest BCUT2D eigenvalue weighted by atomic mass is 32.1. The summed E-state index contributed by atoms with van der Waals surface area (Å²) in [5, 5.41) is 0.979. The summed E-state index contributed by atoms with van der Waals surface area (Å²) in [4.78, 5) is 31.2. The summed E-state index contributed by atoms with van der Waals surface area (Å²) in [5.74, 6) is -0.176. The van der Waals surface area contributed by atoms with Crippen LogP contribution in [-0.4, -0.2) is 36.6 Å². The molecule has 7 heteroatoms. The van der Waals surface area contributed by atoms with Crippen LogP contribution >= 0.6 is 11.3 Å². The number of ether oxygens (including phenoxy) is 2. The van der Waals surface area contributed by atoms with Crippen LogP contribution in [0.25, 0.3) is 11.3 Å². The molecule has 0 bridgehead atoms. The van der Waals surface area contributed by atoms with Crippen LogP contribution in [0.15, 0.2) is 18.2 Å². The van der Waals surface area contributed by atoms with Crippen LogP contribution in [0.5, 0.6) is 5.75 Å². The molecule has 1 aliphatic heterocycles. The van der Waals surface area contributed by atoms with E-state index < -0.39 is 12.1 Å². The minimum absolute atomic E-state index is 0.144. The van der Waals surface area contributed by atoms with Crippen molar-refractivity contribution < 1.29 is 19.1 Å². The third kappa shape index (κ3) is 2.87. The number of thiazole rings is 1. The smallest absolute Gasteiger partial charge is 0.325 e. The molecule has 0 saturated carbocycles. The minimum atomic E-state index is -0.642. The molecule has 2 aromatic rings. The molecule has 1 amide bonds. The van der Waals surface area contributed by atoms with Crippen LogP contribution in [0.1, 0.15) is 16.8 Å². The maximum Gasteiger partial charge on any atom is 0.325 e. The average molecular weight is 346 g/mol. The number of aryl methyl sites for hydroxylation is 2. The Kier molecular flexibility index (Phi) is 4.28. The van der Waals surface area contributed by atoms with Crippen LogP contribution in [-0.2, 0) is 14.3 Å². The van der Waals surface area contributed by atoms with Gasteiger partial charge in [-0.3, -0.25) is 14.5 Å². The number of fused-ring (bicyclic) bond motifs is 1. The number of carbonyl (C=O) groups excluding carboxylic acids is 2. The fraction of sp³-hybridized carbons (Fsp3) is 0.353. The summed E-state index contributed by atoms with van der Waals surface area (Å²) in [7, 11) is 1.30. The number of methoxy groups -OCH3 is 1. The Morgan fingerprint density at radius 3 is 2.79 bits per heavy atom. The van der Waals surface area contributed by atoms with Gasteiger partial charge in [0.25, 0.3) is 5.91 Å². The van der Waals surface area contributed by atoms with E-state index in [9.17, 15) is 9.59 Å². The van der Waals surface area contributed by atoms with Gasteiger partial charge in [0.2, 0.25) is 0 Å². The topological polar surface area (TPSA) is 68.7 Å². The first kappa shape index (κ1) is 16.4. The number of esters is 1. The van der Waals surface area contributed by atoms with Gasteiger partial charge in [0.05, 0.1) is 23.5 Å². The maximum absolute atomic E-state index is 12.4. The van der Waals surface area contributed by atoms with E-state index in [2.05, 4.69) is 4.98 Å². The van der Waals surface area contributed by atoms with Crippen molar-refractivity contribution in [3.8, 4) is 17.0 Å². The summed E-state index contributed by atoms with van der Waals surface area (Å²) >= 11 is 1.62. The lowest BCUT2D eigenvalue weighted by molar-refractivity contribution is -0.140. The molecule has 1 aliphatic rings. The molecule has 0 spiro atoms. The number of aromatic nitrogens is 1. The Morgan fingerprint density at radius 1 is 1.42 bits per heavy atom. The Hall–Kier alpha value is -2.41. The molecular formula is C17H18N2O4S. The molecule has 3 rings (SSSR count). The Labute approximate surface area is 144 Å². The van der Waals surface area contributed by atoms with Gasteiger partial charge in [-0.1, -0.05) is 0 Å². The number of rotatable bonds is 3. The first-order valence-electron chi connectivity index (χ1n) is 7.54. The molecule has 1 aromatic carbocycles. The number of hydrogen-bond donors (Lipinski definition) is 0. The Balaban J connectivity index is 2.07. The van der Waals surface area contributed by atoms with E-state index >= 15 is 0 Å². The van der Waals surface area contributed by atoms with Crippen LogP contribution < -0.4 is 9.64 Å². The van der Waals surface area contributed by atoms with Gasteiger partial charge in [-0.25, -0.2) is 4.98 Å². The van der Waals surface area contributed by atoms with E-state index in [1.165, 1.54) is 12.0 Å². The first-order valence-corrected chi connectivity index (χ1v) is 8.35. The van der Waals surface area contributed by atoms with Crippen molar-refractivity contribution in [2.24, 2.45) is 0 Å².